The number of carbonyl (C=O) groups excluding carboxylic acids is 2. The van der Waals surface area contributed by atoms with Crippen molar-refractivity contribution in [2.75, 3.05) is 23.0 Å². The second-order valence-corrected chi connectivity index (χ2v) is 11.5. The van der Waals surface area contributed by atoms with Crippen molar-refractivity contribution in [3.8, 4) is 0 Å². The molecule has 8 nitrogen and oxygen atoms in total. The molecule has 2 aliphatic rings. The van der Waals surface area contributed by atoms with E-state index in [2.05, 4.69) is 10.3 Å². The van der Waals surface area contributed by atoms with Gasteiger partial charge in [-0.25, -0.2) is 17.6 Å². The van der Waals surface area contributed by atoms with Crippen LogP contribution >= 0.6 is 11.8 Å². The fourth-order valence-corrected chi connectivity index (χ4v) is 7.15. The summed E-state index contributed by atoms with van der Waals surface area (Å²) >= 11 is 1.24. The molecular formula is C19H24FN3O5S2. The Balaban J connectivity index is 1.70. The summed E-state index contributed by atoms with van der Waals surface area (Å²) < 4.78 is 42.5. The van der Waals surface area contributed by atoms with Crippen LogP contribution in [0.4, 0.5) is 14.9 Å². The third-order valence-corrected chi connectivity index (χ3v) is 7.61. The van der Waals surface area contributed by atoms with Crippen LogP contribution in [-0.2, 0) is 19.4 Å². The second-order valence-electron chi connectivity index (χ2n) is 8.11. The smallest absolute Gasteiger partial charge is 0.407 e. The van der Waals surface area contributed by atoms with Crippen LogP contribution in [0, 0.1) is 5.82 Å². The van der Waals surface area contributed by atoms with Crippen molar-refractivity contribution in [1.82, 2.24) is 5.32 Å². The third-order valence-electron chi connectivity index (χ3n) is 4.40. The van der Waals surface area contributed by atoms with Gasteiger partial charge in [-0.3, -0.25) is 4.79 Å². The Bertz CT molecular complexity index is 957. The first-order valence-electron chi connectivity index (χ1n) is 9.44. The van der Waals surface area contributed by atoms with Gasteiger partial charge in [-0.15, -0.1) is 0 Å². The zero-order chi connectivity index (χ0) is 22.1. The molecule has 0 saturated carbocycles. The zero-order valence-corrected chi connectivity index (χ0v) is 18.6. The average molecular weight is 458 g/mol. The lowest BCUT2D eigenvalue weighted by atomic mass is 10.2. The lowest BCUT2D eigenvalue weighted by Crippen LogP contribution is -2.37. The minimum Gasteiger partial charge on any atom is -0.444 e. The number of halogens is 1. The van der Waals surface area contributed by atoms with Crippen LogP contribution in [0.5, 0.6) is 0 Å². The minimum absolute atomic E-state index is 0.00738. The van der Waals surface area contributed by atoms with E-state index >= 15 is 0 Å². The second kappa shape index (κ2) is 8.54. The summed E-state index contributed by atoms with van der Waals surface area (Å²) in [5.74, 6) is -0.907. The molecule has 0 aliphatic carbocycles. The Morgan fingerprint density at radius 3 is 2.57 bits per heavy atom. The highest BCUT2D eigenvalue weighted by molar-refractivity contribution is 8.16. The van der Waals surface area contributed by atoms with Crippen molar-refractivity contribution >= 4 is 44.5 Å². The molecule has 2 amide bonds. The quantitative estimate of drug-likeness (QED) is 0.740. The molecule has 0 bridgehead atoms. The largest absolute Gasteiger partial charge is 0.444 e. The zero-order valence-electron chi connectivity index (χ0n) is 16.9. The Labute approximate surface area is 179 Å². The van der Waals surface area contributed by atoms with E-state index in [-0.39, 0.29) is 35.8 Å². The maximum absolute atomic E-state index is 13.3. The van der Waals surface area contributed by atoms with Gasteiger partial charge in [0.15, 0.2) is 15.0 Å². The van der Waals surface area contributed by atoms with E-state index in [0.717, 1.165) is 0 Å². The van der Waals surface area contributed by atoms with E-state index in [1.807, 2.05) is 0 Å². The molecule has 2 heterocycles. The predicted octanol–water partition coefficient (Wildman–Crippen LogP) is 2.34. The van der Waals surface area contributed by atoms with E-state index in [4.69, 9.17) is 4.74 Å². The van der Waals surface area contributed by atoms with Gasteiger partial charge in [0.1, 0.15) is 11.4 Å². The lowest BCUT2D eigenvalue weighted by molar-refractivity contribution is -0.117. The summed E-state index contributed by atoms with van der Waals surface area (Å²) in [7, 11) is -3.18. The summed E-state index contributed by atoms with van der Waals surface area (Å²) in [4.78, 5) is 29.8. The van der Waals surface area contributed by atoms with Crippen molar-refractivity contribution in [1.29, 1.82) is 0 Å². The third kappa shape index (κ3) is 5.72. The van der Waals surface area contributed by atoms with Crippen LogP contribution in [0.25, 0.3) is 0 Å². The normalized spacial score (nSPS) is 24.0. The Kier molecular flexibility index (Phi) is 6.42. The average Bonchev–Trinajstić information content (AvgIpc) is 3.05. The summed E-state index contributed by atoms with van der Waals surface area (Å²) in [5, 5.41) is 2.64. The van der Waals surface area contributed by atoms with E-state index in [0.29, 0.717) is 10.9 Å². The number of fused-ring (bicyclic) bond motifs is 1. The van der Waals surface area contributed by atoms with E-state index < -0.39 is 33.3 Å². The molecule has 3 rings (SSSR count). The SMILES string of the molecule is CC(C)(C)OC(=O)NCCC(=O)N=C1S[C@@H]2CS(=O)(=O)C[C@H]2N1c1ccc(F)cc1. The highest BCUT2D eigenvalue weighted by atomic mass is 32.2. The number of aliphatic imine (C=N–C) groups is 1. The van der Waals surface area contributed by atoms with E-state index in [1.165, 1.54) is 36.0 Å². The van der Waals surface area contributed by atoms with Crippen LogP contribution in [-0.4, -0.2) is 60.5 Å². The molecule has 1 N–H and O–H groups in total. The lowest BCUT2D eigenvalue weighted by Gasteiger charge is -2.24. The molecule has 0 unspecified atom stereocenters. The number of rotatable bonds is 4. The number of amides is 2. The first-order chi connectivity index (χ1) is 13.9. The monoisotopic (exact) mass is 457 g/mol. The highest BCUT2D eigenvalue weighted by Gasteiger charge is 2.49. The maximum atomic E-state index is 13.3. The van der Waals surface area contributed by atoms with Gasteiger partial charge >= 0.3 is 6.09 Å². The highest BCUT2D eigenvalue weighted by Crippen LogP contribution is 2.40. The molecule has 1 aromatic carbocycles. The molecule has 2 aliphatic heterocycles. The molecule has 1 aromatic rings. The number of hydrogen-bond donors (Lipinski definition) is 1. The number of ether oxygens (including phenoxy) is 1. The summed E-state index contributed by atoms with van der Waals surface area (Å²) in [6, 6.07) is 5.26. The van der Waals surface area contributed by atoms with Crippen molar-refractivity contribution in [3.05, 3.63) is 30.1 Å². The number of alkyl carbamates (subject to hydrolysis) is 1. The summed E-state index contributed by atoms with van der Waals surface area (Å²) in [5.41, 5.74) is -0.0605. The summed E-state index contributed by atoms with van der Waals surface area (Å²) in [6.07, 6.45) is -0.653. The fourth-order valence-electron chi connectivity index (χ4n) is 3.22. The van der Waals surface area contributed by atoms with Gasteiger partial charge in [-0.1, -0.05) is 11.8 Å². The van der Waals surface area contributed by atoms with Gasteiger partial charge in [-0.2, -0.15) is 4.99 Å². The van der Waals surface area contributed by atoms with Gasteiger partial charge in [0.25, 0.3) is 0 Å². The number of amidine groups is 1. The molecular weight excluding hydrogens is 433 g/mol. The maximum Gasteiger partial charge on any atom is 0.407 e. The van der Waals surface area contributed by atoms with Crippen LogP contribution in [0.3, 0.4) is 0 Å². The van der Waals surface area contributed by atoms with E-state index in [1.54, 1.807) is 25.7 Å². The number of benzene rings is 1. The predicted molar refractivity (Wildman–Crippen MR) is 114 cm³/mol. The molecule has 0 spiro atoms. The number of carbonyl (C=O) groups is 2. The Morgan fingerprint density at radius 1 is 1.27 bits per heavy atom. The first-order valence-corrected chi connectivity index (χ1v) is 12.1. The molecule has 2 saturated heterocycles. The van der Waals surface area contributed by atoms with Crippen LogP contribution < -0.4 is 10.2 Å². The van der Waals surface area contributed by atoms with Crippen molar-refractivity contribution in [3.63, 3.8) is 0 Å². The standard InChI is InChI=1S/C19H24FN3O5S2/c1-19(2,3)28-18(25)21-9-8-16(24)22-17-23(13-6-4-12(20)5-7-13)14-10-30(26,27)11-15(14)29-17/h4-7,14-15H,8-11H2,1-3H3,(H,21,25)/t14-,15-/m1/s1. The number of hydrogen-bond acceptors (Lipinski definition) is 6. The molecule has 30 heavy (non-hydrogen) atoms. The number of anilines is 1. The fraction of sp³-hybridized carbons (Fsp3) is 0.526. The molecule has 0 radical (unpaired) electrons. The first kappa shape index (κ1) is 22.5. The van der Waals surface area contributed by atoms with Gasteiger partial charge in [0, 0.05) is 23.9 Å². The summed E-state index contributed by atoms with van der Waals surface area (Å²) in [6.45, 7) is 5.28. The molecule has 2 atom stereocenters. The van der Waals surface area contributed by atoms with Crippen LogP contribution in [0.15, 0.2) is 29.3 Å². The van der Waals surface area contributed by atoms with Crippen LogP contribution in [0.2, 0.25) is 0 Å². The number of thioether (sulfide) groups is 1. The topological polar surface area (TPSA) is 105 Å². The number of sulfone groups is 1. The van der Waals surface area contributed by atoms with Crippen molar-refractivity contribution < 1.29 is 27.1 Å². The van der Waals surface area contributed by atoms with Gasteiger partial charge in [-0.05, 0) is 45.0 Å². The van der Waals surface area contributed by atoms with Gasteiger partial charge < -0.3 is 15.0 Å². The molecule has 11 heteroatoms. The molecule has 164 valence electrons. The number of nitrogens with zero attached hydrogens (tertiary/aromatic N) is 2. The van der Waals surface area contributed by atoms with Gasteiger partial charge in [0.2, 0.25) is 5.91 Å². The van der Waals surface area contributed by atoms with Crippen LogP contribution in [0.1, 0.15) is 27.2 Å². The molecule has 2 fully saturated rings. The van der Waals surface area contributed by atoms with E-state index in [9.17, 15) is 22.4 Å². The Hall–Kier alpha value is -2.14. The number of nitrogens with one attached hydrogen (secondary N) is 1. The van der Waals surface area contributed by atoms with Crippen molar-refractivity contribution in [2.45, 2.75) is 44.1 Å². The molecule has 0 aromatic heterocycles. The van der Waals surface area contributed by atoms with Crippen molar-refractivity contribution in [2.24, 2.45) is 4.99 Å². The Morgan fingerprint density at radius 2 is 1.93 bits per heavy atom. The minimum atomic E-state index is -3.18. The van der Waals surface area contributed by atoms with Gasteiger partial charge in [0.05, 0.1) is 17.5 Å².